The van der Waals surface area contributed by atoms with Crippen LogP contribution in [-0.2, 0) is 6.54 Å². The summed E-state index contributed by atoms with van der Waals surface area (Å²) in [4.78, 5) is 0. The van der Waals surface area contributed by atoms with Gasteiger partial charge in [0.1, 0.15) is 0 Å². The summed E-state index contributed by atoms with van der Waals surface area (Å²) >= 11 is 3.21. The van der Waals surface area contributed by atoms with Gasteiger partial charge >= 0.3 is 6.18 Å². The molecule has 1 rings (SSSR count). The average Bonchev–Trinajstić information content (AvgIpc) is 2.33. The fraction of sp³-hybridized carbons (Fsp3) is 0.538. The minimum atomic E-state index is -4.39. The first-order valence-electron chi connectivity index (χ1n) is 6.02. The highest BCUT2D eigenvalue weighted by molar-refractivity contribution is 9.10. The maximum atomic E-state index is 12.2. The molecule has 0 atom stereocenters. The molecule has 0 aliphatic carbocycles. The van der Waals surface area contributed by atoms with E-state index in [1.165, 1.54) is 7.11 Å². The summed E-state index contributed by atoms with van der Waals surface area (Å²) in [6.45, 7) is 3.25. The Morgan fingerprint density at radius 3 is 2.45 bits per heavy atom. The molecule has 0 aliphatic rings. The Labute approximate surface area is 124 Å². The van der Waals surface area contributed by atoms with E-state index in [4.69, 9.17) is 9.47 Å². The van der Waals surface area contributed by atoms with Crippen molar-refractivity contribution in [2.75, 3.05) is 13.7 Å². The predicted octanol–water partition coefficient (Wildman–Crippen LogP) is 3.90. The lowest BCUT2D eigenvalue weighted by Gasteiger charge is -2.16. The third-order valence-corrected chi connectivity index (χ3v) is 2.97. The number of nitrogens with one attached hydrogen (secondary N) is 1. The van der Waals surface area contributed by atoms with Crippen LogP contribution in [0.4, 0.5) is 13.2 Å². The van der Waals surface area contributed by atoms with Crippen molar-refractivity contribution in [1.29, 1.82) is 0 Å². The number of halogens is 4. The van der Waals surface area contributed by atoms with E-state index < -0.39 is 12.8 Å². The van der Waals surface area contributed by atoms with Crippen LogP contribution in [0.15, 0.2) is 16.6 Å². The molecule has 0 bridgehead atoms. The fourth-order valence-corrected chi connectivity index (χ4v) is 2.10. The molecule has 1 aromatic carbocycles. The molecule has 20 heavy (non-hydrogen) atoms. The first-order chi connectivity index (χ1) is 9.23. The molecule has 0 saturated heterocycles. The Bertz CT molecular complexity index is 450. The molecule has 0 aliphatic heterocycles. The first kappa shape index (κ1) is 17.1. The third-order valence-electron chi connectivity index (χ3n) is 2.38. The molecule has 0 radical (unpaired) electrons. The average molecular weight is 356 g/mol. The van der Waals surface area contributed by atoms with E-state index in [1.54, 1.807) is 12.1 Å². The number of ether oxygens (including phenoxy) is 2. The molecule has 114 valence electrons. The van der Waals surface area contributed by atoms with Crippen molar-refractivity contribution < 1.29 is 22.6 Å². The van der Waals surface area contributed by atoms with Crippen molar-refractivity contribution in [3.8, 4) is 11.5 Å². The van der Waals surface area contributed by atoms with Crippen LogP contribution in [0.5, 0.6) is 11.5 Å². The first-order valence-corrected chi connectivity index (χ1v) is 6.81. The van der Waals surface area contributed by atoms with E-state index in [1.807, 2.05) is 13.8 Å². The predicted molar refractivity (Wildman–Crippen MR) is 74.2 cm³/mol. The van der Waals surface area contributed by atoms with Gasteiger partial charge in [-0.3, -0.25) is 0 Å². The van der Waals surface area contributed by atoms with Gasteiger partial charge in [0.05, 0.1) is 11.6 Å². The van der Waals surface area contributed by atoms with Gasteiger partial charge in [0.2, 0.25) is 0 Å². The molecule has 1 N–H and O–H groups in total. The normalized spacial score (nSPS) is 11.8. The lowest BCUT2D eigenvalue weighted by atomic mass is 10.2. The summed E-state index contributed by atoms with van der Waals surface area (Å²) in [6, 6.07) is 3.68. The smallest absolute Gasteiger partial charge is 0.422 e. The number of methoxy groups -OCH3 is 1. The fourth-order valence-electron chi connectivity index (χ4n) is 1.49. The number of hydrogen-bond donors (Lipinski definition) is 1. The van der Waals surface area contributed by atoms with E-state index in [2.05, 4.69) is 21.2 Å². The second-order valence-electron chi connectivity index (χ2n) is 4.55. The standard InChI is InChI=1S/C13H17BrF3NO2/c1-8(2)18-6-9-4-10(14)12(11(5-9)19-3)20-7-13(15,16)17/h4-5,8,18H,6-7H2,1-3H3. The minimum absolute atomic E-state index is 0.0538. The molecule has 0 heterocycles. The van der Waals surface area contributed by atoms with Gasteiger partial charge in [0.25, 0.3) is 0 Å². The Morgan fingerprint density at radius 2 is 1.95 bits per heavy atom. The number of hydrogen-bond acceptors (Lipinski definition) is 3. The van der Waals surface area contributed by atoms with E-state index in [9.17, 15) is 13.2 Å². The molecule has 3 nitrogen and oxygen atoms in total. The van der Waals surface area contributed by atoms with Crippen molar-refractivity contribution in [3.63, 3.8) is 0 Å². The molecular weight excluding hydrogens is 339 g/mol. The lowest BCUT2D eigenvalue weighted by molar-refractivity contribution is -0.153. The van der Waals surface area contributed by atoms with Crippen LogP contribution in [0.3, 0.4) is 0 Å². The van der Waals surface area contributed by atoms with Crippen molar-refractivity contribution in [2.45, 2.75) is 32.6 Å². The zero-order valence-electron chi connectivity index (χ0n) is 11.5. The number of alkyl halides is 3. The molecule has 0 unspecified atom stereocenters. The summed E-state index contributed by atoms with van der Waals surface area (Å²) in [5.74, 6) is 0.322. The van der Waals surface area contributed by atoms with Crippen LogP contribution in [0, 0.1) is 0 Å². The molecule has 0 amide bonds. The van der Waals surface area contributed by atoms with Gasteiger partial charge in [0.15, 0.2) is 18.1 Å². The highest BCUT2D eigenvalue weighted by Crippen LogP contribution is 2.37. The molecule has 7 heteroatoms. The lowest BCUT2D eigenvalue weighted by Crippen LogP contribution is -2.22. The van der Waals surface area contributed by atoms with Crippen LogP contribution in [0.25, 0.3) is 0 Å². The van der Waals surface area contributed by atoms with Gasteiger partial charge in [0, 0.05) is 12.6 Å². The van der Waals surface area contributed by atoms with Gasteiger partial charge in [-0.25, -0.2) is 0 Å². The minimum Gasteiger partial charge on any atom is -0.493 e. The summed E-state index contributed by atoms with van der Waals surface area (Å²) in [5, 5.41) is 3.22. The molecule has 0 fully saturated rings. The summed E-state index contributed by atoms with van der Waals surface area (Å²) < 4.78 is 46.9. The molecule has 0 aromatic heterocycles. The van der Waals surface area contributed by atoms with E-state index in [0.29, 0.717) is 17.1 Å². The Hall–Kier alpha value is -0.950. The molecule has 0 spiro atoms. The maximum Gasteiger partial charge on any atom is 0.422 e. The number of rotatable bonds is 6. The summed E-state index contributed by atoms with van der Waals surface area (Å²) in [7, 11) is 1.39. The SMILES string of the molecule is COc1cc(CNC(C)C)cc(Br)c1OCC(F)(F)F. The van der Waals surface area contributed by atoms with Crippen molar-refractivity contribution in [2.24, 2.45) is 0 Å². The van der Waals surface area contributed by atoms with Gasteiger partial charge in [-0.05, 0) is 33.6 Å². The second kappa shape index (κ2) is 7.17. The maximum absolute atomic E-state index is 12.2. The van der Waals surface area contributed by atoms with Crippen LogP contribution in [0.2, 0.25) is 0 Å². The van der Waals surface area contributed by atoms with Crippen LogP contribution in [-0.4, -0.2) is 25.9 Å². The van der Waals surface area contributed by atoms with Crippen LogP contribution in [0.1, 0.15) is 19.4 Å². The second-order valence-corrected chi connectivity index (χ2v) is 5.40. The Kier molecular flexibility index (Phi) is 6.13. The van der Waals surface area contributed by atoms with Gasteiger partial charge in [-0.2, -0.15) is 13.2 Å². The van der Waals surface area contributed by atoms with Gasteiger partial charge in [-0.15, -0.1) is 0 Å². The monoisotopic (exact) mass is 355 g/mol. The molecular formula is C13H17BrF3NO2. The van der Waals surface area contributed by atoms with Crippen molar-refractivity contribution >= 4 is 15.9 Å². The van der Waals surface area contributed by atoms with Gasteiger partial charge < -0.3 is 14.8 Å². The number of benzene rings is 1. The van der Waals surface area contributed by atoms with E-state index in [-0.39, 0.29) is 11.5 Å². The van der Waals surface area contributed by atoms with Crippen LogP contribution >= 0.6 is 15.9 Å². The molecule has 1 aromatic rings. The topological polar surface area (TPSA) is 30.5 Å². The summed E-state index contributed by atoms with van der Waals surface area (Å²) in [6.07, 6.45) is -4.39. The van der Waals surface area contributed by atoms with E-state index >= 15 is 0 Å². The highest BCUT2D eigenvalue weighted by atomic mass is 79.9. The zero-order chi connectivity index (χ0) is 15.3. The third kappa shape index (κ3) is 5.58. The largest absolute Gasteiger partial charge is 0.493 e. The quantitative estimate of drug-likeness (QED) is 0.839. The highest BCUT2D eigenvalue weighted by Gasteiger charge is 2.29. The van der Waals surface area contributed by atoms with Crippen molar-refractivity contribution in [3.05, 3.63) is 22.2 Å². The summed E-state index contributed by atoms with van der Waals surface area (Å²) in [5.41, 5.74) is 0.891. The van der Waals surface area contributed by atoms with Crippen molar-refractivity contribution in [1.82, 2.24) is 5.32 Å². The molecule has 0 saturated carbocycles. The zero-order valence-corrected chi connectivity index (χ0v) is 13.1. The Morgan fingerprint density at radius 1 is 1.30 bits per heavy atom. The van der Waals surface area contributed by atoms with Gasteiger partial charge in [-0.1, -0.05) is 13.8 Å². The Balaban J connectivity index is 2.90. The van der Waals surface area contributed by atoms with Crippen LogP contribution < -0.4 is 14.8 Å². The van der Waals surface area contributed by atoms with E-state index in [0.717, 1.165) is 5.56 Å².